The first-order chi connectivity index (χ1) is 8.34. The summed E-state index contributed by atoms with van der Waals surface area (Å²) in [5.41, 5.74) is -0.0800. The molecule has 0 heterocycles. The lowest BCUT2D eigenvalue weighted by Crippen LogP contribution is -2.44. The molecule has 4 nitrogen and oxygen atoms in total. The Balaban J connectivity index is 2.94. The Morgan fingerprint density at radius 2 is 2.00 bits per heavy atom. The number of carbonyl (C=O) groups excluding carboxylic acids is 1. The molecule has 0 aliphatic rings. The SMILES string of the molecule is CC(C)[C@H](NC(=O)c1cccc(F)c1Cl)C(=O)O. The van der Waals surface area contributed by atoms with E-state index in [1.807, 2.05) is 0 Å². The zero-order valence-electron chi connectivity index (χ0n) is 9.91. The molecule has 0 fully saturated rings. The molecule has 0 bridgehead atoms. The molecule has 0 radical (unpaired) electrons. The molecule has 0 unspecified atom stereocenters. The van der Waals surface area contributed by atoms with Gasteiger partial charge < -0.3 is 10.4 Å². The van der Waals surface area contributed by atoms with Gasteiger partial charge in [-0.3, -0.25) is 4.79 Å². The van der Waals surface area contributed by atoms with Gasteiger partial charge in [-0.1, -0.05) is 31.5 Å². The van der Waals surface area contributed by atoms with Gasteiger partial charge in [0.25, 0.3) is 5.91 Å². The van der Waals surface area contributed by atoms with Crippen LogP contribution < -0.4 is 5.32 Å². The highest BCUT2D eigenvalue weighted by Gasteiger charge is 2.25. The number of halogens is 2. The highest BCUT2D eigenvalue weighted by Crippen LogP contribution is 2.19. The molecular formula is C12H13ClFNO3. The lowest BCUT2D eigenvalue weighted by molar-refractivity contribution is -0.140. The zero-order chi connectivity index (χ0) is 13.9. The molecule has 1 amide bonds. The molecule has 0 aromatic heterocycles. The summed E-state index contributed by atoms with van der Waals surface area (Å²) < 4.78 is 13.2. The van der Waals surface area contributed by atoms with Crippen molar-refractivity contribution in [3.05, 3.63) is 34.6 Å². The quantitative estimate of drug-likeness (QED) is 0.885. The maximum atomic E-state index is 13.2. The first-order valence-corrected chi connectivity index (χ1v) is 5.70. The van der Waals surface area contributed by atoms with E-state index in [-0.39, 0.29) is 16.5 Å². The van der Waals surface area contributed by atoms with Crippen LogP contribution in [0.4, 0.5) is 4.39 Å². The smallest absolute Gasteiger partial charge is 0.326 e. The lowest BCUT2D eigenvalue weighted by atomic mass is 10.0. The van der Waals surface area contributed by atoms with Crippen molar-refractivity contribution >= 4 is 23.5 Å². The number of aliphatic carboxylic acids is 1. The second kappa shape index (κ2) is 5.82. The summed E-state index contributed by atoms with van der Waals surface area (Å²) in [7, 11) is 0. The van der Waals surface area contributed by atoms with E-state index in [9.17, 15) is 14.0 Å². The van der Waals surface area contributed by atoms with Crippen LogP contribution in [0, 0.1) is 11.7 Å². The number of carboxylic acid groups (broad SMARTS) is 1. The molecular weight excluding hydrogens is 261 g/mol. The molecule has 18 heavy (non-hydrogen) atoms. The number of nitrogens with one attached hydrogen (secondary N) is 1. The van der Waals surface area contributed by atoms with Gasteiger partial charge in [-0.25, -0.2) is 9.18 Å². The van der Waals surface area contributed by atoms with Crippen LogP contribution in [0.15, 0.2) is 18.2 Å². The van der Waals surface area contributed by atoms with Crippen molar-refractivity contribution in [2.24, 2.45) is 5.92 Å². The summed E-state index contributed by atoms with van der Waals surface area (Å²) in [5, 5.41) is 10.9. The van der Waals surface area contributed by atoms with E-state index in [4.69, 9.17) is 16.7 Å². The average molecular weight is 274 g/mol. The second-order valence-corrected chi connectivity index (χ2v) is 4.51. The maximum absolute atomic E-state index is 13.2. The summed E-state index contributed by atoms with van der Waals surface area (Å²) in [6, 6.07) is 2.74. The van der Waals surface area contributed by atoms with Crippen LogP contribution in [-0.4, -0.2) is 23.0 Å². The molecule has 0 aliphatic heterocycles. The predicted molar refractivity (Wildman–Crippen MR) is 65.1 cm³/mol. The van der Waals surface area contributed by atoms with Crippen molar-refractivity contribution in [1.29, 1.82) is 0 Å². The fraction of sp³-hybridized carbons (Fsp3) is 0.333. The molecule has 0 saturated carbocycles. The number of benzene rings is 1. The third-order valence-corrected chi connectivity index (χ3v) is 2.80. The summed E-state index contributed by atoms with van der Waals surface area (Å²) in [4.78, 5) is 22.7. The monoisotopic (exact) mass is 273 g/mol. The van der Waals surface area contributed by atoms with Crippen molar-refractivity contribution < 1.29 is 19.1 Å². The zero-order valence-corrected chi connectivity index (χ0v) is 10.7. The summed E-state index contributed by atoms with van der Waals surface area (Å²) in [6.07, 6.45) is 0. The van der Waals surface area contributed by atoms with Crippen molar-refractivity contribution in [3.63, 3.8) is 0 Å². The van der Waals surface area contributed by atoms with E-state index in [0.717, 1.165) is 6.07 Å². The average Bonchev–Trinajstić information content (AvgIpc) is 2.28. The van der Waals surface area contributed by atoms with Crippen LogP contribution in [0.5, 0.6) is 0 Å². The molecule has 1 aromatic rings. The van der Waals surface area contributed by atoms with Gasteiger partial charge >= 0.3 is 5.97 Å². The maximum Gasteiger partial charge on any atom is 0.326 e. The Hall–Kier alpha value is -1.62. The summed E-state index contributed by atoms with van der Waals surface area (Å²) in [5.74, 6) is -2.87. The number of hydrogen-bond acceptors (Lipinski definition) is 2. The van der Waals surface area contributed by atoms with E-state index in [1.54, 1.807) is 13.8 Å². The highest BCUT2D eigenvalue weighted by atomic mass is 35.5. The minimum absolute atomic E-state index is 0.0800. The number of amides is 1. The van der Waals surface area contributed by atoms with Crippen LogP contribution in [0.25, 0.3) is 0 Å². The third-order valence-electron chi connectivity index (χ3n) is 2.42. The third kappa shape index (κ3) is 3.20. The minimum Gasteiger partial charge on any atom is -0.480 e. The van der Waals surface area contributed by atoms with Crippen LogP contribution >= 0.6 is 11.6 Å². The molecule has 2 N–H and O–H groups in total. The van der Waals surface area contributed by atoms with Crippen LogP contribution in [0.2, 0.25) is 5.02 Å². The van der Waals surface area contributed by atoms with E-state index in [2.05, 4.69) is 5.32 Å². The topological polar surface area (TPSA) is 66.4 Å². The second-order valence-electron chi connectivity index (χ2n) is 4.13. The predicted octanol–water partition coefficient (Wildman–Crippen LogP) is 2.32. The van der Waals surface area contributed by atoms with Crippen molar-refractivity contribution in [2.75, 3.05) is 0 Å². The van der Waals surface area contributed by atoms with Gasteiger partial charge in [0.05, 0.1) is 10.6 Å². The van der Waals surface area contributed by atoms with Gasteiger partial charge in [0, 0.05) is 0 Å². The standard InChI is InChI=1S/C12H13ClFNO3/c1-6(2)10(12(17)18)15-11(16)7-4-3-5-8(14)9(7)13/h3-6,10H,1-2H3,(H,15,16)(H,17,18)/t10-/m0/s1. The molecule has 1 rings (SSSR count). The first kappa shape index (κ1) is 14.4. The molecule has 1 atom stereocenters. The number of rotatable bonds is 4. The van der Waals surface area contributed by atoms with E-state index >= 15 is 0 Å². The van der Waals surface area contributed by atoms with Gasteiger partial charge in [0.15, 0.2) is 0 Å². The van der Waals surface area contributed by atoms with Gasteiger partial charge in [0.1, 0.15) is 11.9 Å². The molecule has 0 aliphatic carbocycles. The Bertz CT molecular complexity index is 476. The Kier molecular flexibility index (Phi) is 4.67. The van der Waals surface area contributed by atoms with Gasteiger partial charge in [-0.05, 0) is 18.1 Å². The number of hydrogen-bond donors (Lipinski definition) is 2. The van der Waals surface area contributed by atoms with Crippen molar-refractivity contribution in [3.8, 4) is 0 Å². The Morgan fingerprint density at radius 3 is 2.50 bits per heavy atom. The number of carboxylic acids is 1. The van der Waals surface area contributed by atoms with Crippen molar-refractivity contribution in [2.45, 2.75) is 19.9 Å². The summed E-state index contributed by atoms with van der Waals surface area (Å²) in [6.45, 7) is 3.32. The highest BCUT2D eigenvalue weighted by molar-refractivity contribution is 6.34. The molecule has 6 heteroatoms. The van der Waals surface area contributed by atoms with Crippen LogP contribution in [0.3, 0.4) is 0 Å². The van der Waals surface area contributed by atoms with Gasteiger partial charge in [-0.2, -0.15) is 0 Å². The minimum atomic E-state index is -1.15. The molecule has 98 valence electrons. The van der Waals surface area contributed by atoms with Crippen LogP contribution in [-0.2, 0) is 4.79 Å². The van der Waals surface area contributed by atoms with E-state index < -0.39 is 23.7 Å². The molecule has 0 saturated heterocycles. The fourth-order valence-corrected chi connectivity index (χ4v) is 1.62. The van der Waals surface area contributed by atoms with Gasteiger partial charge in [0.2, 0.25) is 0 Å². The largest absolute Gasteiger partial charge is 0.480 e. The molecule has 1 aromatic carbocycles. The Labute approximate surface area is 109 Å². The van der Waals surface area contributed by atoms with Gasteiger partial charge in [-0.15, -0.1) is 0 Å². The normalized spacial score (nSPS) is 12.3. The number of carbonyl (C=O) groups is 2. The van der Waals surface area contributed by atoms with Crippen molar-refractivity contribution in [1.82, 2.24) is 5.32 Å². The van der Waals surface area contributed by atoms with E-state index in [1.165, 1.54) is 12.1 Å². The molecule has 0 spiro atoms. The summed E-state index contributed by atoms with van der Waals surface area (Å²) >= 11 is 5.65. The Morgan fingerprint density at radius 1 is 1.39 bits per heavy atom. The first-order valence-electron chi connectivity index (χ1n) is 5.32. The lowest BCUT2D eigenvalue weighted by Gasteiger charge is -2.18. The fourth-order valence-electron chi connectivity index (χ4n) is 1.41. The van der Waals surface area contributed by atoms with E-state index in [0.29, 0.717) is 0 Å². The van der Waals surface area contributed by atoms with Crippen LogP contribution in [0.1, 0.15) is 24.2 Å².